The summed E-state index contributed by atoms with van der Waals surface area (Å²) in [6.45, 7) is 20.3. The van der Waals surface area contributed by atoms with Crippen molar-refractivity contribution in [3.63, 3.8) is 0 Å². The molecule has 0 heterocycles. The number of non-ortho nitro benzene ring substituents is 2. The van der Waals surface area contributed by atoms with Gasteiger partial charge in [0.05, 0.1) is 50.3 Å². The first-order valence-corrected chi connectivity index (χ1v) is 35.5. The molecular weight excluding hydrogens is 1180 g/mol. The van der Waals surface area contributed by atoms with Crippen LogP contribution in [0.25, 0.3) is 0 Å². The third-order valence-electron chi connectivity index (χ3n) is 4.86. The van der Waals surface area contributed by atoms with Gasteiger partial charge < -0.3 is 12.7 Å². The van der Waals surface area contributed by atoms with Crippen molar-refractivity contribution in [2.24, 2.45) is 0 Å². The first kappa shape index (κ1) is 53.1. The van der Waals surface area contributed by atoms with E-state index in [0.29, 0.717) is 18.2 Å². The van der Waals surface area contributed by atoms with E-state index in [1.165, 1.54) is 12.1 Å². The van der Waals surface area contributed by atoms with Crippen LogP contribution in [-0.2, 0) is 4.92 Å². The fraction of sp³-hybridized carbons (Fsp3) is 0.345. The molecule has 0 atom stereocenters. The number of rotatable bonds is 4. The van der Waals surface area contributed by atoms with Gasteiger partial charge in [-0.15, -0.1) is 0 Å². The van der Waals surface area contributed by atoms with Gasteiger partial charge in [-0.25, -0.2) is 26.3 Å². The zero-order valence-electron chi connectivity index (χ0n) is 28.2. The van der Waals surface area contributed by atoms with Crippen molar-refractivity contribution in [3.05, 3.63) is 105 Å². The van der Waals surface area contributed by atoms with Crippen LogP contribution >= 0.6 is 82.5 Å². The van der Waals surface area contributed by atoms with E-state index in [1.807, 2.05) is 19.6 Å². The Morgan fingerprint density at radius 3 is 1.10 bits per heavy atom. The van der Waals surface area contributed by atoms with Crippen molar-refractivity contribution in [3.8, 4) is 0 Å². The molecule has 0 saturated heterocycles. The van der Waals surface area contributed by atoms with Gasteiger partial charge in [0.15, 0.2) is 0 Å². The second-order valence-corrected chi connectivity index (χ2v) is 59.4. The second kappa shape index (κ2) is 25.7. The molecule has 49 heavy (non-hydrogen) atoms. The van der Waals surface area contributed by atoms with Crippen LogP contribution in [0.1, 0.15) is 20.8 Å². The van der Waals surface area contributed by atoms with Gasteiger partial charge >= 0.3 is 64.9 Å². The van der Waals surface area contributed by atoms with E-state index in [0.717, 1.165) is 16.1 Å². The molecule has 20 heteroatoms. The minimum absolute atomic E-state index is 0.00750. The number of halogens is 10. The number of nitro benzene ring substituents is 2. The summed E-state index contributed by atoms with van der Waals surface area (Å²) >= 11 is 9.73. The Kier molecular flexibility index (Phi) is 27.9. The Labute approximate surface area is 337 Å². The van der Waals surface area contributed by atoms with Crippen molar-refractivity contribution in [2.75, 3.05) is 5.73 Å². The number of benzene rings is 3. The number of hydrogen-bond donors (Lipinski definition) is 1. The Morgan fingerprint density at radius 1 is 0.653 bits per heavy atom. The fourth-order valence-electron chi connectivity index (χ4n) is 3.34. The first-order chi connectivity index (χ1) is 22.1. The van der Waals surface area contributed by atoms with Crippen LogP contribution in [0.5, 0.6) is 0 Å². The normalized spacial score (nSPS) is 10.4. The third kappa shape index (κ3) is 24.6. The number of nitrogens with two attached hydrogens (primary N) is 1. The fourth-order valence-corrected chi connectivity index (χ4v) is 6.49. The predicted molar refractivity (Wildman–Crippen MR) is 225 cm³/mol. The summed E-state index contributed by atoms with van der Waals surface area (Å²) in [4.78, 5) is 18.4. The van der Waals surface area contributed by atoms with Gasteiger partial charge in [-0.2, -0.15) is 6.92 Å². The molecule has 0 radical (unpaired) electrons. The number of nitrogen functional groups attached to an aromatic ring is 1. The molecule has 0 aliphatic rings. The summed E-state index contributed by atoms with van der Waals surface area (Å²) in [5.41, 5.74) is 4.31. The number of anilines is 1. The van der Waals surface area contributed by atoms with Crippen molar-refractivity contribution < 1.29 is 41.1 Å². The van der Waals surface area contributed by atoms with Crippen molar-refractivity contribution in [1.29, 1.82) is 0 Å². The summed E-state index contributed by atoms with van der Waals surface area (Å²) in [5, 5.41) is 20.6. The standard InChI is InChI=1S/C9H11F2NO2Si.C9H13F2NSi.C6H3F2NO2.C3H7I.C2H5.3HI.V/c1-15(2,3)9-7(10)4-6(12(13)14)5-8(9)11;1-13(2,3)9-7(10)4-6(12)5-8(9)11;7-4-1-5(8)3-6(2-4)9(10)11;1-3(2)4;1-2;;;;/h4-5H,1-3H3;4-5H,12H2,1-3H3;1-3H;3H,1-2H3;1H2,2H3;3*1H;/q;;;;-1;;;;+3/p-3. The summed E-state index contributed by atoms with van der Waals surface area (Å²) < 4.78 is 78.9. The molecule has 0 unspecified atom stereocenters. The molecule has 0 aliphatic carbocycles. The van der Waals surface area contributed by atoms with Crippen molar-refractivity contribution >= 4 is 126 Å². The molecule has 0 aliphatic heterocycles. The van der Waals surface area contributed by atoms with E-state index >= 15 is 0 Å². The Hall–Kier alpha value is -0.222. The summed E-state index contributed by atoms with van der Waals surface area (Å²) in [5.74, 6) is -4.57. The SMILES string of the molecule is CC(C)I.C[Si](C)(C)c1c(F)cc(N)cc1F.C[Si](C)(C)c1c(F)cc([N+](=O)[O-])cc1F.O=[N+]([O-])c1cc(F)cc(F)c1.[CH2-]C.[I][V]([I])[I]. The van der Waals surface area contributed by atoms with Crippen LogP contribution in [0.3, 0.4) is 0 Å². The molecule has 0 fully saturated rings. The number of hydrogen-bond acceptors (Lipinski definition) is 5. The molecular formula is C29H39F6I4N3O4Si2V-. The molecule has 2 N–H and O–H groups in total. The number of alkyl halides is 1. The Morgan fingerprint density at radius 2 is 0.878 bits per heavy atom. The molecule has 3 aromatic rings. The molecule has 0 bridgehead atoms. The predicted octanol–water partition coefficient (Wildman–Crippen LogP) is 11.7. The van der Waals surface area contributed by atoms with E-state index in [9.17, 15) is 46.6 Å². The van der Waals surface area contributed by atoms with E-state index in [1.54, 1.807) is 26.6 Å². The van der Waals surface area contributed by atoms with Crippen LogP contribution in [-0.4, -0.2) is 29.9 Å². The van der Waals surface area contributed by atoms with E-state index in [-0.39, 0.29) is 21.0 Å². The molecule has 0 aromatic heterocycles. The van der Waals surface area contributed by atoms with Crippen LogP contribution in [0, 0.1) is 62.1 Å². The summed E-state index contributed by atoms with van der Waals surface area (Å²) in [6.07, 6.45) is 0. The van der Waals surface area contributed by atoms with Gasteiger partial charge in [0, 0.05) is 26.1 Å². The number of nitro groups is 2. The van der Waals surface area contributed by atoms with Gasteiger partial charge in [-0.1, -0.05) is 75.7 Å². The van der Waals surface area contributed by atoms with Crippen molar-refractivity contribution in [1.82, 2.24) is 0 Å². The van der Waals surface area contributed by atoms with Crippen LogP contribution in [0.15, 0.2) is 42.5 Å². The Balaban J connectivity index is -0.000000573. The van der Waals surface area contributed by atoms with Crippen LogP contribution in [0.2, 0.25) is 39.3 Å². The first-order valence-electron chi connectivity index (χ1n) is 13.7. The van der Waals surface area contributed by atoms with Crippen molar-refractivity contribution in [2.45, 2.75) is 64.0 Å². The molecule has 0 amide bonds. The van der Waals surface area contributed by atoms with Gasteiger partial charge in [0.1, 0.15) is 34.9 Å². The molecule has 278 valence electrons. The summed E-state index contributed by atoms with van der Waals surface area (Å²) in [7, 11) is -4.10. The van der Waals surface area contributed by atoms with Crippen LogP contribution in [0.4, 0.5) is 43.4 Å². The van der Waals surface area contributed by atoms with E-state index in [2.05, 4.69) is 103 Å². The zero-order valence-corrected chi connectivity index (χ0v) is 40.2. The topological polar surface area (TPSA) is 112 Å². The molecule has 0 saturated carbocycles. The zero-order chi connectivity index (χ0) is 39.6. The molecule has 7 nitrogen and oxygen atoms in total. The van der Waals surface area contributed by atoms with E-state index < -0.39 is 72.3 Å². The average Bonchev–Trinajstić information content (AvgIpc) is 2.86. The van der Waals surface area contributed by atoms with Crippen LogP contribution < -0.4 is 16.1 Å². The van der Waals surface area contributed by atoms with Gasteiger partial charge in [0.25, 0.3) is 11.4 Å². The summed E-state index contributed by atoms with van der Waals surface area (Å²) in [6, 6.07) is 5.79. The monoisotopic (exact) mass is 1220 g/mol. The maximum atomic E-state index is 13.5. The molecule has 3 rings (SSSR count). The van der Waals surface area contributed by atoms with Gasteiger partial charge in [-0.05, 0) is 12.1 Å². The quantitative estimate of drug-likeness (QED) is 0.0409. The molecule has 0 spiro atoms. The molecule has 3 aromatic carbocycles. The second-order valence-electron chi connectivity index (χ2n) is 11.5. The minimum atomic E-state index is -2.15. The average molecular weight is 1220 g/mol. The number of nitrogens with zero attached hydrogens (tertiary/aromatic N) is 2. The van der Waals surface area contributed by atoms with Gasteiger partial charge in [0.2, 0.25) is 0 Å². The third-order valence-corrected chi connectivity index (χ3v) is 8.82. The maximum absolute atomic E-state index is 13.5. The Bertz CT molecular complexity index is 1430. The van der Waals surface area contributed by atoms with Gasteiger partial charge in [-0.3, -0.25) is 20.2 Å². The van der Waals surface area contributed by atoms with E-state index in [4.69, 9.17) is 5.73 Å².